The quantitative estimate of drug-likeness (QED) is 0.532. The van der Waals surface area contributed by atoms with E-state index >= 15 is 0 Å². The Hall–Kier alpha value is 0. The smallest absolute Gasteiger partial charge is 0.0351 e. The Morgan fingerprint density at radius 2 is 1.47 bits per heavy atom. The fourth-order valence-corrected chi connectivity index (χ4v) is 2.35. The van der Waals surface area contributed by atoms with Crippen molar-refractivity contribution in [3.05, 3.63) is 0 Å². The van der Waals surface area contributed by atoms with Gasteiger partial charge in [-0.2, -0.15) is 0 Å². The molecule has 92 valence electrons. The van der Waals surface area contributed by atoms with E-state index in [2.05, 4.69) is 48.5 Å². The van der Waals surface area contributed by atoms with E-state index in [-0.39, 0.29) is 0 Å². The Bertz CT molecular complexity index is 159. The Labute approximate surface area is 97.8 Å². The third-order valence-electron chi connectivity index (χ3n) is 3.23. The van der Waals surface area contributed by atoms with Crippen molar-refractivity contribution in [3.63, 3.8) is 0 Å². The lowest BCUT2D eigenvalue weighted by Crippen LogP contribution is -2.19. The van der Waals surface area contributed by atoms with Gasteiger partial charge < -0.3 is 0 Å². The highest BCUT2D eigenvalue weighted by atomic mass is 14.3. The van der Waals surface area contributed by atoms with Crippen LogP contribution in [0.1, 0.15) is 80.6 Å². The summed E-state index contributed by atoms with van der Waals surface area (Å²) in [6.45, 7) is 16.6. The van der Waals surface area contributed by atoms with Gasteiger partial charge in [0.2, 0.25) is 0 Å². The van der Waals surface area contributed by atoms with Gasteiger partial charge in [-0.25, -0.2) is 0 Å². The molecule has 0 aromatic heterocycles. The van der Waals surface area contributed by atoms with Crippen LogP contribution in [-0.2, 0) is 0 Å². The summed E-state index contributed by atoms with van der Waals surface area (Å²) in [5.74, 6) is 0.893. The van der Waals surface area contributed by atoms with Crippen molar-refractivity contribution >= 4 is 0 Å². The lowest BCUT2D eigenvalue weighted by Gasteiger charge is -2.31. The van der Waals surface area contributed by atoms with Gasteiger partial charge in [-0.15, -0.1) is 0 Å². The van der Waals surface area contributed by atoms with E-state index in [1.54, 1.807) is 0 Å². The van der Waals surface area contributed by atoms with E-state index < -0.39 is 0 Å². The maximum Gasteiger partial charge on any atom is -0.0351 e. The molecular formula is C15H32. The van der Waals surface area contributed by atoms with Crippen molar-refractivity contribution in [1.29, 1.82) is 0 Å². The predicted octanol–water partition coefficient (Wildman–Crippen LogP) is 5.67. The van der Waals surface area contributed by atoms with E-state index in [4.69, 9.17) is 0 Å². The highest BCUT2D eigenvalue weighted by Gasteiger charge is 2.23. The van der Waals surface area contributed by atoms with E-state index in [0.717, 1.165) is 5.92 Å². The van der Waals surface area contributed by atoms with Crippen molar-refractivity contribution < 1.29 is 0 Å². The largest absolute Gasteiger partial charge is 0.0654 e. The molecule has 0 rings (SSSR count). The van der Waals surface area contributed by atoms with Gasteiger partial charge in [-0.3, -0.25) is 0 Å². The van der Waals surface area contributed by atoms with E-state index in [9.17, 15) is 0 Å². The summed E-state index contributed by atoms with van der Waals surface area (Å²) >= 11 is 0. The summed E-state index contributed by atoms with van der Waals surface area (Å²) in [6, 6.07) is 0. The SMILES string of the molecule is CCCC(C)CC(C)(C)CCC(C)(C)C. The molecule has 1 atom stereocenters. The van der Waals surface area contributed by atoms with Crippen molar-refractivity contribution in [3.8, 4) is 0 Å². The van der Waals surface area contributed by atoms with Gasteiger partial charge in [0.25, 0.3) is 0 Å². The van der Waals surface area contributed by atoms with E-state index in [1.165, 1.54) is 32.1 Å². The average Bonchev–Trinajstić information content (AvgIpc) is 1.99. The van der Waals surface area contributed by atoms with Crippen LogP contribution in [0, 0.1) is 16.7 Å². The second-order valence-electron chi connectivity index (χ2n) is 7.32. The molecule has 15 heavy (non-hydrogen) atoms. The van der Waals surface area contributed by atoms with Gasteiger partial charge in [0.05, 0.1) is 0 Å². The monoisotopic (exact) mass is 212 g/mol. The summed E-state index contributed by atoms with van der Waals surface area (Å²) in [5, 5.41) is 0. The normalized spacial score (nSPS) is 15.4. The predicted molar refractivity (Wildman–Crippen MR) is 71.2 cm³/mol. The minimum absolute atomic E-state index is 0.491. The van der Waals surface area contributed by atoms with Crippen LogP contribution in [0.5, 0.6) is 0 Å². The van der Waals surface area contributed by atoms with Gasteiger partial charge in [-0.05, 0) is 36.0 Å². The second kappa shape index (κ2) is 5.92. The Balaban J connectivity index is 3.96. The van der Waals surface area contributed by atoms with Gasteiger partial charge >= 0.3 is 0 Å². The third-order valence-corrected chi connectivity index (χ3v) is 3.23. The first-order valence-electron chi connectivity index (χ1n) is 6.66. The zero-order chi connectivity index (χ0) is 12.1. The second-order valence-corrected chi connectivity index (χ2v) is 7.32. The van der Waals surface area contributed by atoms with Crippen molar-refractivity contribution in [2.75, 3.05) is 0 Å². The van der Waals surface area contributed by atoms with Gasteiger partial charge in [-0.1, -0.05) is 61.3 Å². The zero-order valence-corrected chi connectivity index (χ0v) is 12.1. The first kappa shape index (κ1) is 15.0. The summed E-state index contributed by atoms with van der Waals surface area (Å²) in [4.78, 5) is 0. The summed E-state index contributed by atoms with van der Waals surface area (Å²) in [5.41, 5.74) is 1.02. The first-order valence-corrected chi connectivity index (χ1v) is 6.66. The fraction of sp³-hybridized carbons (Fsp3) is 1.00. The van der Waals surface area contributed by atoms with Gasteiger partial charge in [0, 0.05) is 0 Å². The molecule has 0 aromatic rings. The topological polar surface area (TPSA) is 0 Å². The van der Waals surface area contributed by atoms with Crippen LogP contribution in [0.15, 0.2) is 0 Å². The minimum atomic E-state index is 0.491. The van der Waals surface area contributed by atoms with Crippen molar-refractivity contribution in [1.82, 2.24) is 0 Å². The molecule has 0 aromatic carbocycles. The molecule has 0 fully saturated rings. The molecule has 0 nitrogen and oxygen atoms in total. The first-order chi connectivity index (χ1) is 6.66. The van der Waals surface area contributed by atoms with E-state index in [1.807, 2.05) is 0 Å². The van der Waals surface area contributed by atoms with Gasteiger partial charge in [0.15, 0.2) is 0 Å². The molecule has 0 amide bonds. The lowest BCUT2D eigenvalue weighted by molar-refractivity contribution is 0.208. The van der Waals surface area contributed by atoms with Crippen LogP contribution in [0.2, 0.25) is 0 Å². The number of rotatable bonds is 6. The Morgan fingerprint density at radius 1 is 0.933 bits per heavy atom. The van der Waals surface area contributed by atoms with Crippen LogP contribution >= 0.6 is 0 Å². The van der Waals surface area contributed by atoms with Crippen LogP contribution in [0.3, 0.4) is 0 Å². The minimum Gasteiger partial charge on any atom is -0.0654 e. The summed E-state index contributed by atoms with van der Waals surface area (Å²) in [7, 11) is 0. The molecule has 0 aliphatic rings. The molecule has 0 aliphatic heterocycles. The van der Waals surface area contributed by atoms with E-state index in [0.29, 0.717) is 10.8 Å². The Morgan fingerprint density at radius 3 is 1.87 bits per heavy atom. The van der Waals surface area contributed by atoms with Crippen LogP contribution in [0.4, 0.5) is 0 Å². The number of hydrogen-bond donors (Lipinski definition) is 0. The van der Waals surface area contributed by atoms with Crippen LogP contribution in [0.25, 0.3) is 0 Å². The Kier molecular flexibility index (Phi) is 5.92. The summed E-state index contributed by atoms with van der Waals surface area (Å²) < 4.78 is 0. The lowest BCUT2D eigenvalue weighted by atomic mass is 9.75. The van der Waals surface area contributed by atoms with Crippen LogP contribution < -0.4 is 0 Å². The molecule has 0 aliphatic carbocycles. The maximum absolute atomic E-state index is 2.44. The molecule has 0 radical (unpaired) electrons. The van der Waals surface area contributed by atoms with Crippen molar-refractivity contribution in [2.45, 2.75) is 80.6 Å². The molecule has 0 saturated heterocycles. The molecule has 1 unspecified atom stereocenters. The zero-order valence-electron chi connectivity index (χ0n) is 12.1. The third kappa shape index (κ3) is 8.96. The van der Waals surface area contributed by atoms with Crippen molar-refractivity contribution in [2.24, 2.45) is 16.7 Å². The fourth-order valence-electron chi connectivity index (χ4n) is 2.35. The molecule has 0 saturated carbocycles. The molecule has 0 spiro atoms. The highest BCUT2D eigenvalue weighted by Crippen LogP contribution is 2.36. The molecular weight excluding hydrogens is 180 g/mol. The van der Waals surface area contributed by atoms with Gasteiger partial charge in [0.1, 0.15) is 0 Å². The number of hydrogen-bond acceptors (Lipinski definition) is 0. The summed E-state index contributed by atoms with van der Waals surface area (Å²) in [6.07, 6.45) is 6.82. The highest BCUT2D eigenvalue weighted by molar-refractivity contribution is 4.75. The maximum atomic E-state index is 2.44. The average molecular weight is 212 g/mol. The standard InChI is InChI=1S/C15H32/c1-8-9-13(2)12-15(6,7)11-10-14(3,4)5/h13H,8-12H2,1-7H3. The molecule has 0 heterocycles. The molecule has 0 heteroatoms. The molecule has 0 bridgehead atoms. The molecule has 0 N–H and O–H groups in total. The van der Waals surface area contributed by atoms with Crippen LogP contribution in [-0.4, -0.2) is 0 Å².